The minimum Gasteiger partial charge on any atom is -0.379 e. The Morgan fingerprint density at radius 3 is 2.37 bits per heavy atom. The third-order valence-corrected chi connectivity index (χ3v) is 2.67. The minimum absolute atomic E-state index is 0.316. The number of rotatable bonds is 11. The molecule has 4 heteroatoms. The molecule has 1 N–H and O–H groups in total. The molecule has 0 aliphatic rings. The maximum Gasteiger partial charge on any atom is 0.0916 e. The van der Waals surface area contributed by atoms with Gasteiger partial charge in [0.15, 0.2) is 0 Å². The summed E-state index contributed by atoms with van der Waals surface area (Å²) >= 11 is 0. The van der Waals surface area contributed by atoms with Crippen LogP contribution in [0.3, 0.4) is 0 Å². The summed E-state index contributed by atoms with van der Waals surface area (Å²) in [7, 11) is 0. The Morgan fingerprint density at radius 2 is 1.68 bits per heavy atom. The van der Waals surface area contributed by atoms with Crippen molar-refractivity contribution in [2.75, 3.05) is 39.6 Å². The zero-order valence-electron chi connectivity index (χ0n) is 11.7. The normalized spacial score (nSPS) is 10.8. The van der Waals surface area contributed by atoms with Gasteiger partial charge in [-0.25, -0.2) is 0 Å². The van der Waals surface area contributed by atoms with Crippen molar-refractivity contribution in [2.24, 2.45) is 0 Å². The number of aryl methyl sites for hydroxylation is 1. The Balaban J connectivity index is 1.87. The van der Waals surface area contributed by atoms with Crippen molar-refractivity contribution in [3.8, 4) is 0 Å². The maximum atomic E-state index is 11.8. The first-order valence-electron chi connectivity index (χ1n) is 6.80. The van der Waals surface area contributed by atoms with Gasteiger partial charge in [0.05, 0.1) is 26.5 Å². The summed E-state index contributed by atoms with van der Waals surface area (Å²) in [6.07, 6.45) is 0.470. The minimum atomic E-state index is -0.316. The van der Waals surface area contributed by atoms with E-state index in [2.05, 4.69) is 36.5 Å². The number of hydrogen-bond donors (Lipinski definition) is 1. The van der Waals surface area contributed by atoms with Gasteiger partial charge in [-0.3, -0.25) is 4.39 Å². The first kappa shape index (κ1) is 16.1. The standard InChI is InChI=1S/C15H24FNO2/c1-14-3-5-15(6-4-14)13-17-8-10-19-12-11-18-9-2-7-16/h3-6,17H,2,7-13H2,1H3. The maximum absolute atomic E-state index is 11.8. The molecule has 0 aromatic heterocycles. The van der Waals surface area contributed by atoms with Crippen LogP contribution in [0.5, 0.6) is 0 Å². The van der Waals surface area contributed by atoms with E-state index in [0.29, 0.717) is 32.8 Å². The van der Waals surface area contributed by atoms with Crippen LogP contribution in [0.25, 0.3) is 0 Å². The molecule has 0 amide bonds. The first-order valence-corrected chi connectivity index (χ1v) is 6.80. The molecular formula is C15H24FNO2. The third kappa shape index (κ3) is 8.70. The SMILES string of the molecule is Cc1ccc(CNCCOCCOCCCF)cc1. The molecule has 0 heterocycles. The first-order chi connectivity index (χ1) is 9.33. The predicted octanol–water partition coefficient (Wildman–Crippen LogP) is 2.48. The van der Waals surface area contributed by atoms with Crippen LogP contribution in [0.2, 0.25) is 0 Å². The molecule has 0 atom stereocenters. The van der Waals surface area contributed by atoms with Gasteiger partial charge in [0, 0.05) is 19.7 Å². The Labute approximate surface area is 115 Å². The van der Waals surface area contributed by atoms with E-state index < -0.39 is 0 Å². The number of nitrogens with one attached hydrogen (secondary N) is 1. The monoisotopic (exact) mass is 269 g/mol. The van der Waals surface area contributed by atoms with Crippen LogP contribution in [-0.2, 0) is 16.0 Å². The molecule has 0 saturated carbocycles. The zero-order valence-corrected chi connectivity index (χ0v) is 11.7. The molecule has 0 bridgehead atoms. The van der Waals surface area contributed by atoms with Crippen LogP contribution in [0.4, 0.5) is 4.39 Å². The van der Waals surface area contributed by atoms with Crippen LogP contribution in [-0.4, -0.2) is 39.6 Å². The molecule has 19 heavy (non-hydrogen) atoms. The quantitative estimate of drug-likeness (QED) is 0.626. The van der Waals surface area contributed by atoms with Crippen molar-refractivity contribution >= 4 is 0 Å². The van der Waals surface area contributed by atoms with E-state index in [4.69, 9.17) is 9.47 Å². The van der Waals surface area contributed by atoms with Crippen LogP contribution >= 0.6 is 0 Å². The van der Waals surface area contributed by atoms with Gasteiger partial charge < -0.3 is 14.8 Å². The van der Waals surface area contributed by atoms with Crippen molar-refractivity contribution in [1.82, 2.24) is 5.32 Å². The molecule has 0 radical (unpaired) electrons. The average molecular weight is 269 g/mol. The van der Waals surface area contributed by atoms with Gasteiger partial charge in [0.2, 0.25) is 0 Å². The Bertz CT molecular complexity index is 316. The summed E-state index contributed by atoms with van der Waals surface area (Å²) in [4.78, 5) is 0. The highest BCUT2D eigenvalue weighted by Gasteiger charge is 1.93. The molecule has 1 rings (SSSR count). The van der Waals surface area contributed by atoms with E-state index >= 15 is 0 Å². The van der Waals surface area contributed by atoms with Gasteiger partial charge in [0.1, 0.15) is 0 Å². The zero-order chi connectivity index (χ0) is 13.8. The van der Waals surface area contributed by atoms with Gasteiger partial charge in [-0.15, -0.1) is 0 Å². The second-order valence-electron chi connectivity index (χ2n) is 4.43. The topological polar surface area (TPSA) is 30.5 Å². The summed E-state index contributed by atoms with van der Waals surface area (Å²) in [6, 6.07) is 8.48. The summed E-state index contributed by atoms with van der Waals surface area (Å²) in [5, 5.41) is 3.32. The number of benzene rings is 1. The largest absolute Gasteiger partial charge is 0.379 e. The average Bonchev–Trinajstić information content (AvgIpc) is 2.43. The molecule has 3 nitrogen and oxygen atoms in total. The molecule has 0 aliphatic heterocycles. The highest BCUT2D eigenvalue weighted by atomic mass is 19.1. The van der Waals surface area contributed by atoms with Gasteiger partial charge in [-0.1, -0.05) is 29.8 Å². The molecular weight excluding hydrogens is 245 g/mol. The third-order valence-electron chi connectivity index (χ3n) is 2.67. The predicted molar refractivity (Wildman–Crippen MR) is 75.1 cm³/mol. The van der Waals surface area contributed by atoms with Crippen LogP contribution in [0.1, 0.15) is 17.5 Å². The Hall–Kier alpha value is -0.970. The molecule has 1 aromatic carbocycles. The fourth-order valence-electron chi connectivity index (χ4n) is 1.56. The van der Waals surface area contributed by atoms with Crippen molar-refractivity contribution < 1.29 is 13.9 Å². The van der Waals surface area contributed by atoms with Gasteiger partial charge in [-0.05, 0) is 18.9 Å². The number of hydrogen-bond acceptors (Lipinski definition) is 3. The van der Waals surface area contributed by atoms with Crippen LogP contribution in [0.15, 0.2) is 24.3 Å². The summed E-state index contributed by atoms with van der Waals surface area (Å²) in [5.41, 5.74) is 2.56. The van der Waals surface area contributed by atoms with Crippen molar-refractivity contribution in [3.05, 3.63) is 35.4 Å². The van der Waals surface area contributed by atoms with E-state index in [1.165, 1.54) is 11.1 Å². The molecule has 0 spiro atoms. The second kappa shape index (κ2) is 10.9. The van der Waals surface area contributed by atoms with Crippen molar-refractivity contribution in [2.45, 2.75) is 19.9 Å². The molecule has 0 aliphatic carbocycles. The highest BCUT2D eigenvalue weighted by Crippen LogP contribution is 2.01. The summed E-state index contributed by atoms with van der Waals surface area (Å²) in [5.74, 6) is 0. The van der Waals surface area contributed by atoms with Crippen LogP contribution in [0, 0.1) is 6.92 Å². The molecule has 108 valence electrons. The molecule has 1 aromatic rings. The second-order valence-corrected chi connectivity index (χ2v) is 4.43. The van der Waals surface area contributed by atoms with Crippen LogP contribution < -0.4 is 5.32 Å². The highest BCUT2D eigenvalue weighted by molar-refractivity contribution is 5.20. The van der Waals surface area contributed by atoms with E-state index in [0.717, 1.165) is 13.1 Å². The van der Waals surface area contributed by atoms with E-state index in [-0.39, 0.29) is 6.67 Å². The lowest BCUT2D eigenvalue weighted by atomic mass is 10.1. The van der Waals surface area contributed by atoms with Crippen molar-refractivity contribution in [1.29, 1.82) is 0 Å². The Morgan fingerprint density at radius 1 is 1.00 bits per heavy atom. The lowest BCUT2D eigenvalue weighted by molar-refractivity contribution is 0.0463. The number of ether oxygens (including phenoxy) is 2. The van der Waals surface area contributed by atoms with E-state index in [1.54, 1.807) is 0 Å². The fourth-order valence-corrected chi connectivity index (χ4v) is 1.56. The summed E-state index contributed by atoms with van der Waals surface area (Å²) in [6.45, 7) is 5.69. The Kier molecular flexibility index (Phi) is 9.23. The lowest BCUT2D eigenvalue weighted by Crippen LogP contribution is -2.20. The van der Waals surface area contributed by atoms with E-state index in [1.807, 2.05) is 0 Å². The molecule has 0 saturated heterocycles. The van der Waals surface area contributed by atoms with E-state index in [9.17, 15) is 4.39 Å². The van der Waals surface area contributed by atoms with Gasteiger partial charge >= 0.3 is 0 Å². The number of halogens is 1. The number of alkyl halides is 1. The molecule has 0 unspecified atom stereocenters. The fraction of sp³-hybridized carbons (Fsp3) is 0.600. The van der Waals surface area contributed by atoms with Gasteiger partial charge in [0.25, 0.3) is 0 Å². The smallest absolute Gasteiger partial charge is 0.0916 e. The summed E-state index contributed by atoms with van der Waals surface area (Å²) < 4.78 is 22.3. The van der Waals surface area contributed by atoms with Gasteiger partial charge in [-0.2, -0.15) is 0 Å². The van der Waals surface area contributed by atoms with Crippen molar-refractivity contribution in [3.63, 3.8) is 0 Å². The lowest BCUT2D eigenvalue weighted by Gasteiger charge is -2.07. The molecule has 0 fully saturated rings.